The van der Waals surface area contributed by atoms with Crippen LogP contribution in [0.15, 0.2) is 11.0 Å². The summed E-state index contributed by atoms with van der Waals surface area (Å²) in [5, 5.41) is 4.54. The highest BCUT2D eigenvalue weighted by molar-refractivity contribution is 6.33. The van der Waals surface area contributed by atoms with E-state index in [4.69, 9.17) is 11.6 Å². The fourth-order valence-corrected chi connectivity index (χ4v) is 3.95. The Labute approximate surface area is 165 Å². The molecule has 0 bridgehead atoms. The zero-order valence-electron chi connectivity index (χ0n) is 16.6. The normalized spacial score (nSPS) is 19.4. The molecule has 0 N–H and O–H groups in total. The number of hydrogen-bond donors (Lipinski definition) is 0. The minimum atomic E-state index is -0.410. The lowest BCUT2D eigenvalue weighted by Crippen LogP contribution is -2.51. The van der Waals surface area contributed by atoms with E-state index in [1.54, 1.807) is 6.20 Å². The van der Waals surface area contributed by atoms with Crippen molar-refractivity contribution in [2.75, 3.05) is 50.7 Å². The van der Waals surface area contributed by atoms with Gasteiger partial charge in [-0.2, -0.15) is 5.10 Å². The highest BCUT2D eigenvalue weighted by atomic mass is 35.5. The van der Waals surface area contributed by atoms with Crippen molar-refractivity contribution in [3.05, 3.63) is 21.6 Å². The number of nitrogens with zero attached hydrogens (tertiary/aromatic N) is 5. The fraction of sp³-hybridized carbons (Fsp3) is 0.737. The molecule has 7 nitrogen and oxygen atoms in total. The molecule has 0 unspecified atom stereocenters. The monoisotopic (exact) mass is 395 g/mol. The number of hydrogen-bond acceptors (Lipinski definition) is 5. The van der Waals surface area contributed by atoms with Crippen molar-refractivity contribution in [1.82, 2.24) is 19.6 Å². The van der Waals surface area contributed by atoms with E-state index in [9.17, 15) is 9.59 Å². The van der Waals surface area contributed by atoms with Gasteiger partial charge in [0, 0.05) is 39.3 Å². The van der Waals surface area contributed by atoms with E-state index >= 15 is 0 Å². The zero-order chi connectivity index (χ0) is 19.6. The molecular weight excluding hydrogens is 366 g/mol. The molecule has 0 aromatic carbocycles. The quantitative estimate of drug-likeness (QED) is 0.780. The number of likely N-dealkylation sites (tertiary alicyclic amines) is 1. The molecule has 1 aromatic heterocycles. The maximum atomic E-state index is 12.5. The van der Waals surface area contributed by atoms with Crippen LogP contribution in [0.1, 0.15) is 40.0 Å². The number of aromatic nitrogens is 2. The summed E-state index contributed by atoms with van der Waals surface area (Å²) in [7, 11) is 0. The number of halogens is 1. The molecule has 8 heteroatoms. The van der Waals surface area contributed by atoms with E-state index in [1.165, 1.54) is 11.1 Å². The maximum Gasteiger partial charge on any atom is 0.288 e. The van der Waals surface area contributed by atoms with E-state index in [-0.39, 0.29) is 16.5 Å². The third kappa shape index (κ3) is 4.63. The Hall–Kier alpha value is -1.60. The average molecular weight is 396 g/mol. The van der Waals surface area contributed by atoms with Crippen LogP contribution in [0.3, 0.4) is 0 Å². The third-order valence-corrected chi connectivity index (χ3v) is 5.67. The molecule has 2 aliphatic heterocycles. The van der Waals surface area contributed by atoms with E-state index in [0.29, 0.717) is 12.2 Å². The molecule has 150 valence electrons. The SMILES string of the molecule is CC(C)(C)n1ncc(N2CCN(CC(=O)N3CCCCC3)CC2)c(Cl)c1=O. The van der Waals surface area contributed by atoms with Gasteiger partial charge in [0.05, 0.1) is 24.0 Å². The van der Waals surface area contributed by atoms with Crippen molar-refractivity contribution in [2.45, 2.75) is 45.6 Å². The predicted octanol–water partition coefficient (Wildman–Crippen LogP) is 1.79. The van der Waals surface area contributed by atoms with Crippen LogP contribution >= 0.6 is 11.6 Å². The summed E-state index contributed by atoms with van der Waals surface area (Å²) in [6.45, 7) is 11.1. The smallest absolute Gasteiger partial charge is 0.288 e. The summed E-state index contributed by atoms with van der Waals surface area (Å²) in [5.74, 6) is 0.232. The second-order valence-corrected chi connectivity index (χ2v) is 8.81. The molecule has 3 rings (SSSR count). The molecule has 0 atom stereocenters. The minimum absolute atomic E-state index is 0.220. The van der Waals surface area contributed by atoms with Crippen LogP contribution in [0.4, 0.5) is 5.69 Å². The molecule has 0 aliphatic carbocycles. The Bertz CT molecular complexity index is 729. The molecule has 2 aliphatic rings. The largest absolute Gasteiger partial charge is 0.366 e. The van der Waals surface area contributed by atoms with Crippen LogP contribution < -0.4 is 10.5 Å². The molecule has 1 amide bonds. The first-order valence-corrected chi connectivity index (χ1v) is 10.2. The lowest BCUT2D eigenvalue weighted by atomic mass is 10.1. The molecule has 0 radical (unpaired) electrons. The van der Waals surface area contributed by atoms with Crippen LogP contribution in [0.25, 0.3) is 0 Å². The number of amides is 1. The van der Waals surface area contributed by atoms with Crippen molar-refractivity contribution in [2.24, 2.45) is 0 Å². The Kier molecular flexibility index (Phi) is 6.11. The molecule has 0 saturated carbocycles. The molecular formula is C19H30ClN5O2. The summed E-state index contributed by atoms with van der Waals surface area (Å²) in [5.41, 5.74) is 0.0146. The topological polar surface area (TPSA) is 61.7 Å². The Balaban J connectivity index is 1.60. The fourth-order valence-electron chi connectivity index (χ4n) is 3.70. The van der Waals surface area contributed by atoms with E-state index in [0.717, 1.165) is 52.1 Å². The van der Waals surface area contributed by atoms with Crippen LogP contribution in [-0.2, 0) is 10.3 Å². The Morgan fingerprint density at radius 1 is 1.07 bits per heavy atom. The van der Waals surface area contributed by atoms with Crippen molar-refractivity contribution >= 4 is 23.2 Å². The van der Waals surface area contributed by atoms with Gasteiger partial charge in [0.15, 0.2) is 0 Å². The molecule has 1 aromatic rings. The van der Waals surface area contributed by atoms with Crippen molar-refractivity contribution < 1.29 is 4.79 Å². The van der Waals surface area contributed by atoms with Gasteiger partial charge in [0.25, 0.3) is 5.56 Å². The predicted molar refractivity (Wildman–Crippen MR) is 108 cm³/mol. The first kappa shape index (κ1) is 20.1. The van der Waals surface area contributed by atoms with Gasteiger partial charge in [0.2, 0.25) is 5.91 Å². The highest BCUT2D eigenvalue weighted by Crippen LogP contribution is 2.24. The van der Waals surface area contributed by atoms with Gasteiger partial charge < -0.3 is 9.80 Å². The number of piperazine rings is 1. The van der Waals surface area contributed by atoms with Crippen molar-refractivity contribution in [3.8, 4) is 0 Å². The number of carbonyl (C=O) groups is 1. The van der Waals surface area contributed by atoms with Gasteiger partial charge >= 0.3 is 0 Å². The minimum Gasteiger partial charge on any atom is -0.366 e. The summed E-state index contributed by atoms with van der Waals surface area (Å²) in [6, 6.07) is 0. The van der Waals surface area contributed by atoms with Crippen LogP contribution in [0.5, 0.6) is 0 Å². The summed E-state index contributed by atoms with van der Waals surface area (Å²) in [4.78, 5) is 31.3. The molecule has 2 fully saturated rings. The Morgan fingerprint density at radius 3 is 2.30 bits per heavy atom. The van der Waals surface area contributed by atoms with E-state index in [2.05, 4.69) is 14.9 Å². The molecule has 0 spiro atoms. The van der Waals surface area contributed by atoms with Gasteiger partial charge in [-0.1, -0.05) is 11.6 Å². The number of anilines is 1. The van der Waals surface area contributed by atoms with E-state index in [1.807, 2.05) is 25.7 Å². The number of rotatable bonds is 3. The lowest BCUT2D eigenvalue weighted by molar-refractivity contribution is -0.133. The van der Waals surface area contributed by atoms with Crippen LogP contribution in [-0.4, -0.2) is 71.3 Å². The molecule has 3 heterocycles. The first-order valence-electron chi connectivity index (χ1n) is 9.81. The summed E-state index contributed by atoms with van der Waals surface area (Å²) >= 11 is 6.37. The number of piperidine rings is 1. The van der Waals surface area contributed by atoms with Crippen LogP contribution in [0.2, 0.25) is 5.02 Å². The molecule has 2 saturated heterocycles. The van der Waals surface area contributed by atoms with Crippen molar-refractivity contribution in [3.63, 3.8) is 0 Å². The summed E-state index contributed by atoms with van der Waals surface area (Å²) < 4.78 is 1.42. The Morgan fingerprint density at radius 2 is 1.70 bits per heavy atom. The standard InChI is InChI=1S/C19H30ClN5O2/c1-19(2,3)25-18(27)17(20)15(13-21-25)23-11-9-22(10-12-23)14-16(26)24-7-5-4-6-8-24/h13H,4-12,14H2,1-3H3. The maximum absolute atomic E-state index is 12.5. The number of carbonyl (C=O) groups excluding carboxylic acids is 1. The van der Waals surface area contributed by atoms with Gasteiger partial charge in [-0.25, -0.2) is 4.68 Å². The van der Waals surface area contributed by atoms with Crippen LogP contribution in [0, 0.1) is 0 Å². The average Bonchev–Trinajstić information content (AvgIpc) is 2.64. The van der Waals surface area contributed by atoms with Gasteiger partial charge in [0.1, 0.15) is 5.02 Å². The zero-order valence-corrected chi connectivity index (χ0v) is 17.3. The van der Waals surface area contributed by atoms with Gasteiger partial charge in [-0.3, -0.25) is 14.5 Å². The summed E-state index contributed by atoms with van der Waals surface area (Å²) in [6.07, 6.45) is 5.14. The first-order chi connectivity index (χ1) is 12.8. The highest BCUT2D eigenvalue weighted by Gasteiger charge is 2.26. The second-order valence-electron chi connectivity index (χ2n) is 8.44. The second kappa shape index (κ2) is 8.19. The third-order valence-electron chi connectivity index (χ3n) is 5.32. The molecule has 27 heavy (non-hydrogen) atoms. The van der Waals surface area contributed by atoms with Gasteiger partial charge in [-0.05, 0) is 40.0 Å². The van der Waals surface area contributed by atoms with Gasteiger partial charge in [-0.15, -0.1) is 0 Å². The van der Waals surface area contributed by atoms with Crippen molar-refractivity contribution in [1.29, 1.82) is 0 Å². The lowest BCUT2D eigenvalue weighted by Gasteiger charge is -2.37. The van der Waals surface area contributed by atoms with E-state index < -0.39 is 5.54 Å².